The van der Waals surface area contributed by atoms with E-state index in [0.717, 1.165) is 18.7 Å². The molecule has 14 heavy (non-hydrogen) atoms. The average Bonchev–Trinajstić information content (AvgIpc) is 2.52. The molecule has 4 heteroatoms. The molecule has 0 fully saturated rings. The highest BCUT2D eigenvalue weighted by atomic mass is 15.6. The summed E-state index contributed by atoms with van der Waals surface area (Å²) in [6.07, 6.45) is 4.58. The molecule has 0 aliphatic heterocycles. The lowest BCUT2D eigenvalue weighted by molar-refractivity contribution is 0.305. The molecule has 0 amide bonds. The van der Waals surface area contributed by atoms with Gasteiger partial charge in [0.25, 0.3) is 0 Å². The quantitative estimate of drug-likeness (QED) is 0.693. The van der Waals surface area contributed by atoms with Crippen molar-refractivity contribution in [1.82, 2.24) is 20.2 Å². The second kappa shape index (κ2) is 4.53. The van der Waals surface area contributed by atoms with Crippen LogP contribution < -0.4 is 0 Å². The van der Waals surface area contributed by atoms with Crippen molar-refractivity contribution in [1.29, 1.82) is 0 Å². The van der Waals surface area contributed by atoms with Gasteiger partial charge in [-0.1, -0.05) is 19.8 Å². The summed E-state index contributed by atoms with van der Waals surface area (Å²) in [5.41, 5.74) is -0.0595. The van der Waals surface area contributed by atoms with E-state index < -0.39 is 0 Å². The topological polar surface area (TPSA) is 43.6 Å². The van der Waals surface area contributed by atoms with Crippen molar-refractivity contribution in [3.8, 4) is 0 Å². The lowest BCUT2D eigenvalue weighted by Crippen LogP contribution is -2.24. The van der Waals surface area contributed by atoms with Gasteiger partial charge < -0.3 is 0 Å². The van der Waals surface area contributed by atoms with E-state index in [1.807, 2.05) is 0 Å². The molecule has 0 unspecified atom stereocenters. The van der Waals surface area contributed by atoms with Crippen LogP contribution in [0.5, 0.6) is 0 Å². The van der Waals surface area contributed by atoms with Crippen LogP contribution in [0.1, 0.15) is 52.8 Å². The van der Waals surface area contributed by atoms with E-state index in [2.05, 4.69) is 43.1 Å². The average molecular weight is 196 g/mol. The predicted molar refractivity (Wildman–Crippen MR) is 56.0 cm³/mol. The van der Waals surface area contributed by atoms with Crippen LogP contribution in [0.15, 0.2) is 0 Å². The van der Waals surface area contributed by atoms with Gasteiger partial charge in [-0.2, -0.15) is 4.80 Å². The number of hydrogen-bond acceptors (Lipinski definition) is 3. The smallest absolute Gasteiger partial charge is 0.159 e. The van der Waals surface area contributed by atoms with Gasteiger partial charge in [0.1, 0.15) is 0 Å². The monoisotopic (exact) mass is 196 g/mol. The van der Waals surface area contributed by atoms with Crippen molar-refractivity contribution < 1.29 is 0 Å². The van der Waals surface area contributed by atoms with Crippen molar-refractivity contribution in [2.45, 2.75) is 58.9 Å². The zero-order valence-electron chi connectivity index (χ0n) is 9.62. The summed E-state index contributed by atoms with van der Waals surface area (Å²) in [5, 5.41) is 12.4. The first-order valence-electron chi connectivity index (χ1n) is 5.33. The Labute approximate surface area is 85.7 Å². The normalized spacial score (nSPS) is 12.0. The van der Waals surface area contributed by atoms with Crippen molar-refractivity contribution in [3.05, 3.63) is 5.82 Å². The molecule has 0 bridgehead atoms. The number of rotatable bonds is 4. The molecule has 0 spiro atoms. The van der Waals surface area contributed by atoms with E-state index in [0.29, 0.717) is 0 Å². The molecule has 1 rings (SSSR count). The third-order valence-electron chi connectivity index (χ3n) is 2.06. The first-order valence-corrected chi connectivity index (χ1v) is 5.33. The van der Waals surface area contributed by atoms with Crippen LogP contribution in [0.25, 0.3) is 0 Å². The van der Waals surface area contributed by atoms with Crippen LogP contribution in [0.2, 0.25) is 0 Å². The molecule has 1 aromatic heterocycles. The molecule has 4 nitrogen and oxygen atoms in total. The zero-order valence-corrected chi connectivity index (χ0v) is 9.62. The molecule has 0 saturated heterocycles. The molecule has 0 atom stereocenters. The molecule has 0 saturated carbocycles. The maximum absolute atomic E-state index is 4.35. The molecule has 80 valence electrons. The third-order valence-corrected chi connectivity index (χ3v) is 2.06. The Hall–Kier alpha value is -0.930. The molecule has 1 aromatic rings. The van der Waals surface area contributed by atoms with Gasteiger partial charge in [-0.25, -0.2) is 0 Å². The van der Waals surface area contributed by atoms with Gasteiger partial charge in [-0.3, -0.25) is 0 Å². The van der Waals surface area contributed by atoms with E-state index >= 15 is 0 Å². The Morgan fingerprint density at radius 3 is 2.43 bits per heavy atom. The van der Waals surface area contributed by atoms with Crippen LogP contribution in [-0.2, 0) is 12.0 Å². The summed E-state index contributed by atoms with van der Waals surface area (Å²) in [4.78, 5) is 1.69. The summed E-state index contributed by atoms with van der Waals surface area (Å²) in [7, 11) is 0. The Kier molecular flexibility index (Phi) is 3.61. The van der Waals surface area contributed by atoms with Gasteiger partial charge in [0, 0.05) is 6.42 Å². The molecule has 0 aliphatic rings. The van der Waals surface area contributed by atoms with Gasteiger partial charge >= 0.3 is 0 Å². The molecule has 0 aliphatic carbocycles. The molecule has 0 N–H and O–H groups in total. The van der Waals surface area contributed by atoms with E-state index in [4.69, 9.17) is 0 Å². The van der Waals surface area contributed by atoms with Crippen molar-refractivity contribution in [2.24, 2.45) is 0 Å². The number of aromatic nitrogens is 4. The Balaban J connectivity index is 2.51. The molecule has 0 aromatic carbocycles. The zero-order chi connectivity index (χ0) is 10.6. The fourth-order valence-electron chi connectivity index (χ4n) is 1.16. The van der Waals surface area contributed by atoms with E-state index in [9.17, 15) is 0 Å². The molecule has 1 heterocycles. The standard InChI is InChI=1S/C10H20N4/c1-5-6-7-8-9-11-13-14(12-9)10(2,3)4/h5-8H2,1-4H3. The minimum absolute atomic E-state index is 0.0595. The summed E-state index contributed by atoms with van der Waals surface area (Å²) in [6.45, 7) is 8.42. The first-order chi connectivity index (χ1) is 6.54. The van der Waals surface area contributed by atoms with Crippen LogP contribution in [0.4, 0.5) is 0 Å². The van der Waals surface area contributed by atoms with Crippen molar-refractivity contribution in [3.63, 3.8) is 0 Å². The minimum atomic E-state index is -0.0595. The lowest BCUT2D eigenvalue weighted by Gasteiger charge is -2.15. The second-order valence-electron chi connectivity index (χ2n) is 4.62. The van der Waals surface area contributed by atoms with E-state index in [1.165, 1.54) is 12.8 Å². The first kappa shape index (κ1) is 11.1. The summed E-state index contributed by atoms with van der Waals surface area (Å²) >= 11 is 0. The Morgan fingerprint density at radius 2 is 1.93 bits per heavy atom. The Morgan fingerprint density at radius 1 is 1.21 bits per heavy atom. The fraction of sp³-hybridized carbons (Fsp3) is 0.900. The maximum atomic E-state index is 4.35. The number of aryl methyl sites for hydroxylation is 1. The van der Waals surface area contributed by atoms with Gasteiger partial charge in [-0.05, 0) is 32.4 Å². The summed E-state index contributed by atoms with van der Waals surface area (Å²) < 4.78 is 0. The van der Waals surface area contributed by atoms with Crippen molar-refractivity contribution in [2.75, 3.05) is 0 Å². The predicted octanol–water partition coefficient (Wildman–Crippen LogP) is 2.16. The summed E-state index contributed by atoms with van der Waals surface area (Å²) in [6, 6.07) is 0. The highest BCUT2D eigenvalue weighted by molar-refractivity contribution is 4.79. The highest BCUT2D eigenvalue weighted by Gasteiger charge is 2.16. The highest BCUT2D eigenvalue weighted by Crippen LogP contribution is 2.09. The van der Waals surface area contributed by atoms with Crippen molar-refractivity contribution >= 4 is 0 Å². The minimum Gasteiger partial charge on any atom is -0.159 e. The van der Waals surface area contributed by atoms with Gasteiger partial charge in [0.05, 0.1) is 5.54 Å². The molecular weight excluding hydrogens is 176 g/mol. The van der Waals surface area contributed by atoms with E-state index in [1.54, 1.807) is 4.80 Å². The molecular formula is C10H20N4. The molecule has 0 radical (unpaired) electrons. The number of unbranched alkanes of at least 4 members (excludes halogenated alkanes) is 2. The van der Waals surface area contributed by atoms with E-state index in [-0.39, 0.29) is 5.54 Å². The fourth-order valence-corrected chi connectivity index (χ4v) is 1.16. The second-order valence-corrected chi connectivity index (χ2v) is 4.62. The van der Waals surface area contributed by atoms with Crippen LogP contribution >= 0.6 is 0 Å². The third kappa shape index (κ3) is 3.09. The van der Waals surface area contributed by atoms with Crippen LogP contribution in [0, 0.1) is 0 Å². The van der Waals surface area contributed by atoms with Gasteiger partial charge in [0.15, 0.2) is 5.82 Å². The van der Waals surface area contributed by atoms with Crippen LogP contribution in [-0.4, -0.2) is 20.2 Å². The van der Waals surface area contributed by atoms with Gasteiger partial charge in [-0.15, -0.1) is 10.2 Å². The number of hydrogen-bond donors (Lipinski definition) is 0. The number of tetrazole rings is 1. The van der Waals surface area contributed by atoms with Crippen LogP contribution in [0.3, 0.4) is 0 Å². The SMILES string of the molecule is CCCCCc1nnn(C(C)(C)C)n1. The maximum Gasteiger partial charge on any atom is 0.174 e. The Bertz CT molecular complexity index is 272. The summed E-state index contributed by atoms with van der Waals surface area (Å²) in [5.74, 6) is 0.869. The largest absolute Gasteiger partial charge is 0.174 e. The lowest BCUT2D eigenvalue weighted by atomic mass is 10.1. The number of nitrogens with zero attached hydrogens (tertiary/aromatic N) is 4. The van der Waals surface area contributed by atoms with Gasteiger partial charge in [0.2, 0.25) is 0 Å².